The van der Waals surface area contributed by atoms with E-state index in [9.17, 15) is 0 Å². The highest BCUT2D eigenvalue weighted by Crippen LogP contribution is 2.32. The van der Waals surface area contributed by atoms with Crippen molar-refractivity contribution in [2.24, 2.45) is 5.92 Å². The first kappa shape index (κ1) is 10.6. The molecular formula is C16H20N2. The SMILES string of the molecule is c1cc2c(ccn2CC2CC2)cc1CNC1CC1. The number of rotatable bonds is 5. The Kier molecular flexibility index (Phi) is 2.44. The van der Waals surface area contributed by atoms with Crippen molar-refractivity contribution in [3.8, 4) is 0 Å². The van der Waals surface area contributed by atoms with Crippen molar-refractivity contribution in [2.45, 2.75) is 44.8 Å². The Labute approximate surface area is 108 Å². The highest BCUT2D eigenvalue weighted by Gasteiger charge is 2.22. The topological polar surface area (TPSA) is 17.0 Å². The van der Waals surface area contributed by atoms with Crippen molar-refractivity contribution in [3.63, 3.8) is 0 Å². The molecule has 0 saturated heterocycles. The van der Waals surface area contributed by atoms with Gasteiger partial charge in [0.15, 0.2) is 0 Å². The van der Waals surface area contributed by atoms with Crippen LogP contribution in [0.4, 0.5) is 0 Å². The largest absolute Gasteiger partial charge is 0.347 e. The molecule has 0 unspecified atom stereocenters. The molecule has 2 saturated carbocycles. The van der Waals surface area contributed by atoms with E-state index < -0.39 is 0 Å². The quantitative estimate of drug-likeness (QED) is 0.848. The summed E-state index contributed by atoms with van der Waals surface area (Å²) in [7, 11) is 0. The minimum atomic E-state index is 0.792. The van der Waals surface area contributed by atoms with Crippen LogP contribution in [0.2, 0.25) is 0 Å². The number of nitrogens with zero attached hydrogens (tertiary/aromatic N) is 1. The molecule has 2 heteroatoms. The Morgan fingerprint density at radius 2 is 2.00 bits per heavy atom. The van der Waals surface area contributed by atoms with Crippen LogP contribution in [-0.2, 0) is 13.1 Å². The summed E-state index contributed by atoms with van der Waals surface area (Å²) in [4.78, 5) is 0. The molecule has 1 N–H and O–H groups in total. The molecular weight excluding hydrogens is 220 g/mol. The van der Waals surface area contributed by atoms with Crippen LogP contribution in [-0.4, -0.2) is 10.6 Å². The lowest BCUT2D eigenvalue weighted by atomic mass is 10.1. The molecule has 2 aliphatic carbocycles. The van der Waals surface area contributed by atoms with Gasteiger partial charge < -0.3 is 9.88 Å². The van der Waals surface area contributed by atoms with Crippen molar-refractivity contribution in [1.82, 2.24) is 9.88 Å². The third-order valence-corrected chi connectivity index (χ3v) is 4.16. The number of hydrogen-bond donors (Lipinski definition) is 1. The number of benzene rings is 1. The Balaban J connectivity index is 1.55. The van der Waals surface area contributed by atoms with Gasteiger partial charge in [-0.3, -0.25) is 0 Å². The maximum Gasteiger partial charge on any atom is 0.0480 e. The second-order valence-corrected chi connectivity index (χ2v) is 5.96. The van der Waals surface area contributed by atoms with E-state index in [-0.39, 0.29) is 0 Å². The van der Waals surface area contributed by atoms with E-state index in [2.05, 4.69) is 40.3 Å². The molecule has 0 bridgehead atoms. The minimum Gasteiger partial charge on any atom is -0.347 e. The van der Waals surface area contributed by atoms with Gasteiger partial charge in [-0.2, -0.15) is 0 Å². The predicted molar refractivity (Wildman–Crippen MR) is 74.5 cm³/mol. The van der Waals surface area contributed by atoms with E-state index >= 15 is 0 Å². The van der Waals surface area contributed by atoms with Crippen LogP contribution in [0.3, 0.4) is 0 Å². The van der Waals surface area contributed by atoms with Crippen molar-refractivity contribution in [2.75, 3.05) is 0 Å². The fourth-order valence-electron chi connectivity index (χ4n) is 2.65. The molecule has 2 aromatic rings. The molecule has 4 rings (SSSR count). The summed E-state index contributed by atoms with van der Waals surface area (Å²) in [6.07, 6.45) is 7.81. The van der Waals surface area contributed by atoms with Crippen LogP contribution in [0.25, 0.3) is 10.9 Å². The van der Waals surface area contributed by atoms with Gasteiger partial charge in [-0.05, 0) is 60.7 Å². The molecule has 1 aromatic carbocycles. The zero-order chi connectivity index (χ0) is 11.9. The van der Waals surface area contributed by atoms with E-state index in [1.807, 2.05) is 0 Å². The summed E-state index contributed by atoms with van der Waals surface area (Å²) in [6, 6.07) is 9.97. The van der Waals surface area contributed by atoms with Crippen molar-refractivity contribution in [3.05, 3.63) is 36.0 Å². The van der Waals surface area contributed by atoms with Crippen LogP contribution >= 0.6 is 0 Å². The molecule has 94 valence electrons. The normalized spacial score (nSPS) is 19.6. The second kappa shape index (κ2) is 4.13. The molecule has 0 amide bonds. The van der Waals surface area contributed by atoms with Crippen molar-refractivity contribution in [1.29, 1.82) is 0 Å². The highest BCUT2D eigenvalue weighted by atomic mass is 15.0. The van der Waals surface area contributed by atoms with E-state index in [0.717, 1.165) is 18.5 Å². The third-order valence-electron chi connectivity index (χ3n) is 4.16. The molecule has 2 nitrogen and oxygen atoms in total. The Morgan fingerprint density at radius 1 is 1.11 bits per heavy atom. The Morgan fingerprint density at radius 3 is 2.78 bits per heavy atom. The van der Waals surface area contributed by atoms with Crippen LogP contribution in [0.5, 0.6) is 0 Å². The van der Waals surface area contributed by atoms with Gasteiger partial charge in [-0.25, -0.2) is 0 Å². The highest BCUT2D eigenvalue weighted by molar-refractivity contribution is 5.80. The summed E-state index contributed by atoms with van der Waals surface area (Å²) in [5.41, 5.74) is 2.82. The van der Waals surface area contributed by atoms with E-state index in [0.29, 0.717) is 0 Å². The molecule has 2 aliphatic rings. The van der Waals surface area contributed by atoms with Gasteiger partial charge in [0.1, 0.15) is 0 Å². The first-order chi connectivity index (χ1) is 8.88. The van der Waals surface area contributed by atoms with Crippen molar-refractivity contribution < 1.29 is 0 Å². The van der Waals surface area contributed by atoms with Gasteiger partial charge in [0.2, 0.25) is 0 Å². The maximum atomic E-state index is 3.58. The summed E-state index contributed by atoms with van der Waals surface area (Å²) in [6.45, 7) is 2.23. The number of fused-ring (bicyclic) bond motifs is 1. The zero-order valence-electron chi connectivity index (χ0n) is 10.7. The molecule has 0 aliphatic heterocycles. The summed E-state index contributed by atoms with van der Waals surface area (Å²) in [5.74, 6) is 0.941. The van der Waals surface area contributed by atoms with Gasteiger partial charge in [0.05, 0.1) is 0 Å². The lowest BCUT2D eigenvalue weighted by Gasteiger charge is -2.06. The molecule has 2 fully saturated rings. The Hall–Kier alpha value is -1.28. The molecule has 0 spiro atoms. The average molecular weight is 240 g/mol. The molecule has 1 aromatic heterocycles. The Bertz CT molecular complexity index is 561. The van der Waals surface area contributed by atoms with Gasteiger partial charge in [-0.15, -0.1) is 0 Å². The van der Waals surface area contributed by atoms with Crippen LogP contribution in [0, 0.1) is 5.92 Å². The average Bonchev–Trinajstić information content (AvgIpc) is 3.28. The standard InChI is InChI=1S/C16H20N2/c1-2-12(1)11-18-8-7-14-9-13(3-6-16(14)18)10-17-15-4-5-15/h3,6-9,12,15,17H,1-2,4-5,10-11H2. The van der Waals surface area contributed by atoms with E-state index in [1.54, 1.807) is 0 Å². The van der Waals surface area contributed by atoms with Gasteiger partial charge in [0, 0.05) is 30.8 Å². The van der Waals surface area contributed by atoms with Gasteiger partial charge >= 0.3 is 0 Å². The number of hydrogen-bond acceptors (Lipinski definition) is 1. The smallest absolute Gasteiger partial charge is 0.0480 e. The molecule has 18 heavy (non-hydrogen) atoms. The summed E-state index contributed by atoms with van der Waals surface area (Å²) < 4.78 is 2.42. The van der Waals surface area contributed by atoms with Gasteiger partial charge in [0.25, 0.3) is 0 Å². The predicted octanol–water partition coefficient (Wildman–Crippen LogP) is 3.30. The first-order valence-corrected chi connectivity index (χ1v) is 7.20. The first-order valence-electron chi connectivity index (χ1n) is 7.20. The summed E-state index contributed by atoms with van der Waals surface area (Å²) >= 11 is 0. The zero-order valence-corrected chi connectivity index (χ0v) is 10.7. The molecule has 0 radical (unpaired) electrons. The van der Waals surface area contributed by atoms with Gasteiger partial charge in [-0.1, -0.05) is 6.07 Å². The van der Waals surface area contributed by atoms with Crippen LogP contribution in [0.1, 0.15) is 31.2 Å². The fourth-order valence-corrected chi connectivity index (χ4v) is 2.65. The maximum absolute atomic E-state index is 3.58. The molecule has 1 heterocycles. The van der Waals surface area contributed by atoms with Crippen LogP contribution in [0.15, 0.2) is 30.5 Å². The summed E-state index contributed by atoms with van der Waals surface area (Å²) in [5, 5.41) is 4.97. The monoisotopic (exact) mass is 240 g/mol. The third kappa shape index (κ3) is 2.17. The second-order valence-electron chi connectivity index (χ2n) is 5.96. The lowest BCUT2D eigenvalue weighted by molar-refractivity contribution is 0.647. The van der Waals surface area contributed by atoms with Crippen molar-refractivity contribution >= 4 is 10.9 Å². The molecule has 0 atom stereocenters. The minimum absolute atomic E-state index is 0.792. The van der Waals surface area contributed by atoms with E-state index in [4.69, 9.17) is 0 Å². The lowest BCUT2D eigenvalue weighted by Crippen LogP contribution is -2.15. The fraction of sp³-hybridized carbons (Fsp3) is 0.500. The van der Waals surface area contributed by atoms with E-state index in [1.165, 1.54) is 48.7 Å². The number of nitrogens with one attached hydrogen (secondary N) is 1. The van der Waals surface area contributed by atoms with Crippen LogP contribution < -0.4 is 5.32 Å². The number of aromatic nitrogens is 1.